The first-order chi connectivity index (χ1) is 13.6. The maximum atomic E-state index is 12.6. The lowest BCUT2D eigenvalue weighted by molar-refractivity contribution is 0.0951. The van der Waals surface area contributed by atoms with Crippen molar-refractivity contribution < 1.29 is 14.3 Å². The van der Waals surface area contributed by atoms with Crippen LogP contribution in [0.2, 0.25) is 5.02 Å². The molecule has 28 heavy (non-hydrogen) atoms. The summed E-state index contributed by atoms with van der Waals surface area (Å²) in [4.78, 5) is 29.2. The van der Waals surface area contributed by atoms with Gasteiger partial charge in [-0.25, -0.2) is 0 Å². The fourth-order valence-corrected chi connectivity index (χ4v) is 2.83. The average Bonchev–Trinajstić information content (AvgIpc) is 2.73. The number of hydrogen-bond acceptors (Lipinski definition) is 4. The van der Waals surface area contributed by atoms with Gasteiger partial charge in [-0.1, -0.05) is 29.8 Å². The van der Waals surface area contributed by atoms with Gasteiger partial charge in [-0.3, -0.25) is 14.6 Å². The molecule has 3 aromatic rings. The van der Waals surface area contributed by atoms with Crippen molar-refractivity contribution in [2.24, 2.45) is 0 Å². The van der Waals surface area contributed by atoms with Gasteiger partial charge in [0.15, 0.2) is 0 Å². The van der Waals surface area contributed by atoms with E-state index < -0.39 is 0 Å². The standard InChI is InChI=1S/C21H18ClN3O3/c1-28-19-9-8-15(11-17(19)22)20(26)25-18-7-3-2-6-16(18)21(27)24-13-14-5-4-10-23-12-14/h2-12H,13H2,1H3,(H,24,27)(H,25,26). The van der Waals surface area contributed by atoms with Gasteiger partial charge in [0.1, 0.15) is 5.75 Å². The van der Waals surface area contributed by atoms with Crippen LogP contribution in [0.25, 0.3) is 0 Å². The SMILES string of the molecule is COc1ccc(C(=O)Nc2ccccc2C(=O)NCc2cccnc2)cc1Cl. The largest absolute Gasteiger partial charge is 0.495 e. The second-order valence-electron chi connectivity index (χ2n) is 5.89. The number of para-hydroxylation sites is 1. The summed E-state index contributed by atoms with van der Waals surface area (Å²) < 4.78 is 5.09. The summed E-state index contributed by atoms with van der Waals surface area (Å²) in [5.74, 6) is -0.196. The summed E-state index contributed by atoms with van der Waals surface area (Å²) in [5, 5.41) is 5.92. The van der Waals surface area contributed by atoms with Crippen LogP contribution in [-0.2, 0) is 6.54 Å². The highest BCUT2D eigenvalue weighted by Crippen LogP contribution is 2.25. The number of aromatic nitrogens is 1. The third-order valence-electron chi connectivity index (χ3n) is 4.01. The van der Waals surface area contributed by atoms with Gasteiger partial charge in [-0.05, 0) is 42.0 Å². The van der Waals surface area contributed by atoms with Crippen molar-refractivity contribution in [2.45, 2.75) is 6.54 Å². The average molecular weight is 396 g/mol. The molecule has 1 aromatic heterocycles. The Morgan fingerprint density at radius 1 is 1.07 bits per heavy atom. The van der Waals surface area contributed by atoms with Crippen molar-refractivity contribution in [3.63, 3.8) is 0 Å². The molecule has 0 radical (unpaired) electrons. The molecule has 0 fully saturated rings. The Bertz CT molecular complexity index is 993. The van der Waals surface area contributed by atoms with Gasteiger partial charge >= 0.3 is 0 Å². The van der Waals surface area contributed by atoms with Crippen LogP contribution in [0, 0.1) is 0 Å². The number of anilines is 1. The Kier molecular flexibility index (Phi) is 6.24. The lowest BCUT2D eigenvalue weighted by atomic mass is 10.1. The minimum atomic E-state index is -0.378. The Morgan fingerprint density at radius 2 is 1.89 bits per heavy atom. The van der Waals surface area contributed by atoms with Gasteiger partial charge in [-0.2, -0.15) is 0 Å². The summed E-state index contributed by atoms with van der Waals surface area (Å²) in [6.45, 7) is 0.336. The molecular formula is C21H18ClN3O3. The molecule has 7 heteroatoms. The Balaban J connectivity index is 1.73. The number of carbonyl (C=O) groups is 2. The molecule has 0 unspecified atom stereocenters. The smallest absolute Gasteiger partial charge is 0.255 e. The van der Waals surface area contributed by atoms with Gasteiger partial charge in [0.2, 0.25) is 0 Å². The van der Waals surface area contributed by atoms with Gasteiger partial charge in [0, 0.05) is 24.5 Å². The molecule has 0 spiro atoms. The van der Waals surface area contributed by atoms with Crippen LogP contribution in [0.1, 0.15) is 26.3 Å². The zero-order valence-corrected chi connectivity index (χ0v) is 15.9. The molecule has 3 rings (SSSR count). The molecule has 0 aliphatic heterocycles. The van der Waals surface area contributed by atoms with Gasteiger partial charge in [0.05, 0.1) is 23.4 Å². The number of pyridine rings is 1. The second-order valence-corrected chi connectivity index (χ2v) is 6.30. The van der Waals surface area contributed by atoms with Gasteiger partial charge < -0.3 is 15.4 Å². The zero-order valence-electron chi connectivity index (χ0n) is 15.1. The third-order valence-corrected chi connectivity index (χ3v) is 4.31. The first-order valence-corrected chi connectivity index (χ1v) is 8.87. The summed E-state index contributed by atoms with van der Waals surface area (Å²) in [6, 6.07) is 15.2. The summed E-state index contributed by atoms with van der Waals surface area (Å²) >= 11 is 6.08. The van der Waals surface area contributed by atoms with Crippen molar-refractivity contribution in [3.05, 3.63) is 88.7 Å². The number of nitrogens with zero attached hydrogens (tertiary/aromatic N) is 1. The molecule has 0 bridgehead atoms. The fraction of sp³-hybridized carbons (Fsp3) is 0.0952. The topological polar surface area (TPSA) is 80.3 Å². The molecule has 0 saturated heterocycles. The zero-order chi connectivity index (χ0) is 19.9. The van der Waals surface area contributed by atoms with Gasteiger partial charge in [0.25, 0.3) is 11.8 Å². The van der Waals surface area contributed by atoms with Crippen LogP contribution in [0.4, 0.5) is 5.69 Å². The van der Waals surface area contributed by atoms with E-state index in [-0.39, 0.29) is 11.8 Å². The van der Waals surface area contributed by atoms with Crippen LogP contribution < -0.4 is 15.4 Å². The van der Waals surface area contributed by atoms with E-state index in [9.17, 15) is 9.59 Å². The third kappa shape index (κ3) is 4.66. The summed E-state index contributed by atoms with van der Waals surface area (Å²) in [6.07, 6.45) is 3.35. The van der Waals surface area contributed by atoms with Crippen molar-refractivity contribution in [1.82, 2.24) is 10.3 Å². The molecule has 6 nitrogen and oxygen atoms in total. The van der Waals surface area contributed by atoms with Crippen LogP contribution in [-0.4, -0.2) is 23.9 Å². The Labute approximate surface area is 167 Å². The minimum Gasteiger partial charge on any atom is -0.495 e. The van der Waals surface area contributed by atoms with Crippen LogP contribution in [0.15, 0.2) is 67.0 Å². The Hall–Kier alpha value is -3.38. The molecule has 0 saturated carbocycles. The van der Waals surface area contributed by atoms with Crippen molar-refractivity contribution in [1.29, 1.82) is 0 Å². The van der Waals surface area contributed by atoms with E-state index in [0.717, 1.165) is 5.56 Å². The van der Waals surface area contributed by atoms with E-state index in [1.54, 1.807) is 54.9 Å². The first-order valence-electron chi connectivity index (χ1n) is 8.49. The predicted octanol–water partition coefficient (Wildman–Crippen LogP) is 3.93. The highest BCUT2D eigenvalue weighted by Gasteiger charge is 2.15. The number of hydrogen-bond donors (Lipinski definition) is 2. The second kappa shape index (κ2) is 9.01. The van der Waals surface area contributed by atoms with E-state index in [0.29, 0.717) is 34.1 Å². The molecular weight excluding hydrogens is 378 g/mol. The quantitative estimate of drug-likeness (QED) is 0.662. The minimum absolute atomic E-state index is 0.299. The highest BCUT2D eigenvalue weighted by atomic mass is 35.5. The number of ether oxygens (including phenoxy) is 1. The molecule has 142 valence electrons. The highest BCUT2D eigenvalue weighted by molar-refractivity contribution is 6.32. The number of benzene rings is 2. The lowest BCUT2D eigenvalue weighted by Gasteiger charge is -2.12. The molecule has 2 N–H and O–H groups in total. The monoisotopic (exact) mass is 395 g/mol. The number of methoxy groups -OCH3 is 1. The number of carbonyl (C=O) groups excluding carboxylic acids is 2. The van der Waals surface area contributed by atoms with E-state index in [2.05, 4.69) is 15.6 Å². The van der Waals surface area contributed by atoms with E-state index >= 15 is 0 Å². The molecule has 0 atom stereocenters. The lowest BCUT2D eigenvalue weighted by Crippen LogP contribution is -2.25. The van der Waals surface area contributed by atoms with Crippen LogP contribution in [0.3, 0.4) is 0 Å². The van der Waals surface area contributed by atoms with E-state index in [1.165, 1.54) is 13.2 Å². The molecule has 1 heterocycles. The van der Waals surface area contributed by atoms with Crippen LogP contribution in [0.5, 0.6) is 5.75 Å². The Morgan fingerprint density at radius 3 is 2.61 bits per heavy atom. The van der Waals surface area contributed by atoms with Gasteiger partial charge in [-0.15, -0.1) is 0 Å². The number of nitrogens with one attached hydrogen (secondary N) is 2. The first kappa shape index (κ1) is 19.4. The molecule has 0 aliphatic rings. The normalized spacial score (nSPS) is 10.2. The summed E-state index contributed by atoms with van der Waals surface area (Å²) in [5.41, 5.74) is 2.00. The maximum absolute atomic E-state index is 12.6. The van der Waals surface area contributed by atoms with E-state index in [4.69, 9.17) is 16.3 Å². The molecule has 2 amide bonds. The fourth-order valence-electron chi connectivity index (χ4n) is 2.57. The van der Waals surface area contributed by atoms with Crippen molar-refractivity contribution >= 4 is 29.1 Å². The van der Waals surface area contributed by atoms with Crippen molar-refractivity contribution in [3.8, 4) is 5.75 Å². The number of amides is 2. The molecule has 0 aliphatic carbocycles. The van der Waals surface area contributed by atoms with Crippen molar-refractivity contribution in [2.75, 3.05) is 12.4 Å². The maximum Gasteiger partial charge on any atom is 0.255 e. The van der Waals surface area contributed by atoms with Crippen LogP contribution >= 0.6 is 11.6 Å². The molecule has 2 aromatic carbocycles. The number of halogens is 1. The predicted molar refractivity (Wildman–Crippen MR) is 108 cm³/mol. The van der Waals surface area contributed by atoms with E-state index in [1.807, 2.05) is 6.07 Å². The summed E-state index contributed by atoms with van der Waals surface area (Å²) in [7, 11) is 1.50. The number of rotatable bonds is 6.